The van der Waals surface area contributed by atoms with E-state index in [0.717, 1.165) is 44.0 Å². The molecule has 8 aromatic rings. The molecule has 2 aliphatic rings. The van der Waals surface area contributed by atoms with E-state index in [-0.39, 0.29) is 99.7 Å². The van der Waals surface area contributed by atoms with Crippen LogP contribution in [-0.4, -0.2) is 60.8 Å². The molecule has 3 N–H and O–H groups in total. The molecule has 0 saturated heterocycles. The number of nitrogens with one attached hydrogen (secondary N) is 1. The molecule has 2 atom stereocenters. The summed E-state index contributed by atoms with van der Waals surface area (Å²) in [4.78, 5) is 69.7. The van der Waals surface area contributed by atoms with Gasteiger partial charge in [-0.2, -0.15) is 0 Å². The number of aromatic nitrogens is 3. The van der Waals surface area contributed by atoms with Crippen molar-refractivity contribution in [2.45, 2.75) is 47.6 Å². The number of pyridine rings is 3. The number of ether oxygens (including phenoxy) is 2. The predicted octanol–water partition coefficient (Wildman–Crippen LogP) is 8.83. The average Bonchev–Trinajstić information content (AvgIpc) is 3.82. The first kappa shape index (κ1) is 58.9. The number of halogens is 2. The van der Waals surface area contributed by atoms with Gasteiger partial charge in [0.25, 0.3) is 0 Å². The first-order valence-corrected chi connectivity index (χ1v) is 22.9. The molecule has 16 nitrogen and oxygen atoms in total. The number of rotatable bonds is 7. The first-order valence-electron chi connectivity index (χ1n) is 21.8. The summed E-state index contributed by atoms with van der Waals surface area (Å²) >= 11 is 3.07. The van der Waals surface area contributed by atoms with Gasteiger partial charge in [-0.15, -0.1) is 17.0 Å². The first-order chi connectivity index (χ1) is 34.1. The SMILES string of the molecule is Br.CC1=C(C)C2C=CC(O)=CC2OC1=O.Cc1c(C)c2cc3c(-c4cccnc4)coc3cc2oc1=O.Cc1c(C)c2ccc(OCC(=O)c3cccnc3)cc2oc1=O.O=C(CBr)c1cccnc1.[NH-]O.[Na+]. The van der Waals surface area contributed by atoms with Crippen LogP contribution < -0.4 is 45.5 Å². The van der Waals surface area contributed by atoms with E-state index in [1.807, 2.05) is 51.1 Å². The maximum Gasteiger partial charge on any atom is 1.00 e. The molecule has 7 heterocycles. The third-order valence-corrected chi connectivity index (χ3v) is 12.3. The van der Waals surface area contributed by atoms with Crippen molar-refractivity contribution in [1.29, 1.82) is 0 Å². The second kappa shape index (κ2) is 27.4. The second-order valence-electron chi connectivity index (χ2n) is 16.1. The molecule has 19 heteroatoms. The van der Waals surface area contributed by atoms with Crippen molar-refractivity contribution in [2.24, 2.45) is 5.92 Å². The maximum atomic E-state index is 12.0. The Morgan fingerprint density at radius 2 is 1.29 bits per heavy atom. The fourth-order valence-electron chi connectivity index (χ4n) is 7.35. The zero-order valence-corrected chi connectivity index (χ0v) is 46.1. The van der Waals surface area contributed by atoms with E-state index in [1.54, 1.807) is 113 Å². The summed E-state index contributed by atoms with van der Waals surface area (Å²) in [6.45, 7) is 10.9. The van der Waals surface area contributed by atoms with Crippen molar-refractivity contribution >= 4 is 83.4 Å². The Kier molecular flexibility index (Phi) is 22.1. The maximum absolute atomic E-state index is 12.0. The van der Waals surface area contributed by atoms with Crippen molar-refractivity contribution < 1.29 is 77.0 Å². The van der Waals surface area contributed by atoms with E-state index in [0.29, 0.717) is 55.7 Å². The number of aliphatic hydroxyl groups excluding tert-OH is 1. The van der Waals surface area contributed by atoms with Gasteiger partial charge in [0.15, 0.2) is 12.4 Å². The summed E-state index contributed by atoms with van der Waals surface area (Å²) in [6, 6.07) is 19.8. The van der Waals surface area contributed by atoms with E-state index in [1.165, 1.54) is 6.20 Å². The Hall–Kier alpha value is -6.64. The number of Topliss-reactive ketones (excluding diaryl/α,β-unsaturated/α-hetero) is 2. The van der Waals surface area contributed by atoms with Crippen LogP contribution in [0.4, 0.5) is 0 Å². The Morgan fingerprint density at radius 1 is 0.712 bits per heavy atom. The Morgan fingerprint density at radius 3 is 1.86 bits per heavy atom. The minimum Gasteiger partial charge on any atom is -0.553 e. The molecular weight excluding hydrogens is 1080 g/mol. The quantitative estimate of drug-likeness (QED) is 0.0378. The molecule has 0 radical (unpaired) electrons. The minimum absolute atomic E-state index is 0. The van der Waals surface area contributed by atoms with Crippen LogP contribution in [0, 0.1) is 33.6 Å². The molecule has 2 unspecified atom stereocenters. The summed E-state index contributed by atoms with van der Waals surface area (Å²) in [6.07, 6.45) is 16.3. The van der Waals surface area contributed by atoms with E-state index in [2.05, 4.69) is 30.9 Å². The minimum atomic E-state index is -0.362. The van der Waals surface area contributed by atoms with E-state index in [4.69, 9.17) is 33.8 Å². The largest absolute Gasteiger partial charge is 1.00 e. The number of allylic oxidation sites excluding steroid dienone is 1. The predicted molar refractivity (Wildman–Crippen MR) is 281 cm³/mol. The van der Waals surface area contributed by atoms with Crippen LogP contribution >= 0.6 is 32.9 Å². The number of aliphatic hydroxyl groups is 1. The monoisotopic (exact) mass is 1130 g/mol. The second-order valence-corrected chi connectivity index (χ2v) is 16.6. The molecule has 0 fully saturated rings. The third kappa shape index (κ3) is 14.3. The van der Waals surface area contributed by atoms with Crippen LogP contribution in [0.3, 0.4) is 0 Å². The summed E-state index contributed by atoms with van der Waals surface area (Å²) in [5, 5.41) is 18.6. The van der Waals surface area contributed by atoms with Crippen molar-refractivity contribution in [3.8, 4) is 16.9 Å². The summed E-state index contributed by atoms with van der Waals surface area (Å²) in [7, 11) is 0. The Labute approximate surface area is 459 Å². The molecule has 1 aliphatic carbocycles. The molecule has 1 aliphatic heterocycles. The molecule has 0 spiro atoms. The van der Waals surface area contributed by atoms with Crippen molar-refractivity contribution in [3.05, 3.63) is 205 Å². The average molecular weight is 1130 g/mol. The van der Waals surface area contributed by atoms with Crippen LogP contribution in [0.1, 0.15) is 56.8 Å². The van der Waals surface area contributed by atoms with Crippen LogP contribution in [0.15, 0.2) is 168 Å². The van der Waals surface area contributed by atoms with Gasteiger partial charge in [0.2, 0.25) is 5.78 Å². The molecule has 6 aromatic heterocycles. The molecule has 0 bridgehead atoms. The van der Waals surface area contributed by atoms with E-state index < -0.39 is 0 Å². The van der Waals surface area contributed by atoms with Gasteiger partial charge in [-0.3, -0.25) is 24.5 Å². The number of fused-ring (bicyclic) bond motifs is 4. The Bertz CT molecular complexity index is 3450. The Balaban J connectivity index is 0.000000215. The number of ketones is 2. The van der Waals surface area contributed by atoms with E-state index >= 15 is 0 Å². The molecule has 2 aromatic carbocycles. The van der Waals surface area contributed by atoms with E-state index in [9.17, 15) is 29.1 Å². The molecule has 372 valence electrons. The van der Waals surface area contributed by atoms with Gasteiger partial charge in [-0.1, -0.05) is 33.6 Å². The normalized spacial score (nSPS) is 14.1. The zero-order valence-electron chi connectivity index (χ0n) is 40.8. The number of carbonyl (C=O) groups excluding carboxylic acids is 3. The van der Waals surface area contributed by atoms with Crippen LogP contribution in [0.2, 0.25) is 0 Å². The molecule has 0 amide bonds. The summed E-state index contributed by atoms with van der Waals surface area (Å²) < 4.78 is 26.9. The van der Waals surface area contributed by atoms with Crippen molar-refractivity contribution in [1.82, 2.24) is 15.0 Å². The molecular formula is C54H49Br2N4NaO12. The number of nitrogens with zero attached hydrogens (tertiary/aromatic N) is 3. The smallest absolute Gasteiger partial charge is 0.553 e. The van der Waals surface area contributed by atoms with Gasteiger partial charge in [0, 0.05) is 110 Å². The number of aryl methyl sites for hydroxylation is 2. The molecule has 0 saturated carbocycles. The van der Waals surface area contributed by atoms with Gasteiger partial charge in [0.05, 0.1) is 11.6 Å². The number of hydrogen-bond donors (Lipinski definition) is 2. The van der Waals surface area contributed by atoms with Gasteiger partial charge >= 0.3 is 46.8 Å². The fraction of sp³-hybridized carbons (Fsp3) is 0.185. The number of esters is 1. The fourth-order valence-corrected chi connectivity index (χ4v) is 7.68. The number of carbonyl (C=O) groups is 3. The molecule has 10 rings (SSSR count). The van der Waals surface area contributed by atoms with Crippen LogP contribution in [-0.2, 0) is 9.53 Å². The van der Waals surface area contributed by atoms with Crippen LogP contribution in [0.25, 0.3) is 49.9 Å². The number of furan rings is 1. The van der Waals surface area contributed by atoms with Crippen LogP contribution in [0.5, 0.6) is 5.75 Å². The third-order valence-electron chi connectivity index (χ3n) is 11.8. The summed E-state index contributed by atoms with van der Waals surface area (Å²) in [5.41, 5.74) is 8.89. The standard InChI is InChI=1S/C18H15NO4.C18H13NO3.C11H12O3.C7H6BrNO.BrH.H2NO.Na/c1-11-12(2)18(21)23-17-8-14(5-6-15(11)17)22-10-16(20)13-4-3-7-19-9-13;1-10-11(2)18(20)22-17-7-16-14(6-13(10)17)15(9-21-16)12-4-3-5-19-8-12;1-6-7(2)11(13)14-10-5-8(12)3-4-9(6)10;8-4-7(10)6-2-1-3-9-5-6;;1-2;/h3-9H,10H2,1-2H3;3-9H,1-2H3;3-5,9-10,12H,1-2H3;1-3,5H,4H2;1H;1-2H;/q;;;;;-1;+1. The van der Waals surface area contributed by atoms with Gasteiger partial charge in [0.1, 0.15) is 34.4 Å². The van der Waals surface area contributed by atoms with Gasteiger partial charge in [-0.25, -0.2) is 14.4 Å². The number of alkyl halides is 1. The van der Waals surface area contributed by atoms with Crippen molar-refractivity contribution in [3.63, 3.8) is 0 Å². The number of benzene rings is 2. The van der Waals surface area contributed by atoms with Gasteiger partial charge < -0.3 is 38.9 Å². The topological polar surface area (TPSA) is 246 Å². The summed E-state index contributed by atoms with van der Waals surface area (Å²) in [5.74, 6) is 5.08. The number of hydrogen-bond acceptors (Lipinski definition) is 15. The zero-order chi connectivity index (χ0) is 51.4. The van der Waals surface area contributed by atoms with Crippen molar-refractivity contribution in [2.75, 3.05) is 11.9 Å². The van der Waals surface area contributed by atoms with Gasteiger partial charge in [-0.05, 0) is 113 Å². The molecule has 73 heavy (non-hydrogen) atoms.